The Morgan fingerprint density at radius 2 is 1.89 bits per heavy atom. The number of aliphatic imine (C=N–C) groups is 1. The highest BCUT2D eigenvalue weighted by atomic mass is 28.3. The molecule has 0 aromatic carbocycles. The minimum absolute atomic E-state index is 1.13. The first kappa shape index (κ1) is 8.63. The van der Waals surface area contributed by atoms with Crippen LogP contribution < -0.4 is 0 Å². The number of allylic oxidation sites excluding steroid dienone is 1. The van der Waals surface area contributed by atoms with Gasteiger partial charge >= 0.3 is 0 Å². The number of hydrogen-bond acceptors (Lipinski definition) is 1. The van der Waals surface area contributed by atoms with Gasteiger partial charge in [0.05, 0.1) is 8.07 Å². The first-order chi connectivity index (χ1) is 3.98. The summed E-state index contributed by atoms with van der Waals surface area (Å²) < 4.78 is 0. The van der Waals surface area contributed by atoms with Crippen LogP contribution in [0.1, 0.15) is 0 Å². The van der Waals surface area contributed by atoms with E-state index in [2.05, 4.69) is 31.2 Å². The summed E-state index contributed by atoms with van der Waals surface area (Å²) in [6.07, 6.45) is 1.87. The zero-order chi connectivity index (χ0) is 7.49. The number of rotatable bonds is 2. The van der Waals surface area contributed by atoms with Crippen molar-refractivity contribution in [3.8, 4) is 0 Å². The average molecular weight is 141 g/mol. The van der Waals surface area contributed by atoms with Crippen LogP contribution in [-0.4, -0.2) is 21.3 Å². The highest BCUT2D eigenvalue weighted by Gasteiger charge is 2.14. The van der Waals surface area contributed by atoms with E-state index in [1.165, 1.54) is 5.20 Å². The summed E-state index contributed by atoms with van der Waals surface area (Å²) in [5.74, 6) is 0. The van der Waals surface area contributed by atoms with E-state index in [9.17, 15) is 0 Å². The molecule has 0 atom stereocenters. The Balaban J connectivity index is 4.06. The van der Waals surface area contributed by atoms with Crippen LogP contribution in [0.15, 0.2) is 16.8 Å². The van der Waals surface area contributed by atoms with Crippen molar-refractivity contribution in [3.63, 3.8) is 0 Å². The lowest BCUT2D eigenvalue weighted by Gasteiger charge is -2.14. The van der Waals surface area contributed by atoms with Crippen LogP contribution in [0.3, 0.4) is 0 Å². The Morgan fingerprint density at radius 1 is 1.44 bits per heavy atom. The monoisotopic (exact) mass is 141 g/mol. The van der Waals surface area contributed by atoms with Gasteiger partial charge in [-0.05, 0) is 5.20 Å². The van der Waals surface area contributed by atoms with Gasteiger partial charge in [-0.2, -0.15) is 0 Å². The topological polar surface area (TPSA) is 12.4 Å². The van der Waals surface area contributed by atoms with Crippen molar-refractivity contribution in [1.29, 1.82) is 0 Å². The fourth-order valence-electron chi connectivity index (χ4n) is 0.349. The predicted molar refractivity (Wildman–Crippen MR) is 46.9 cm³/mol. The molecule has 0 amide bonds. The Morgan fingerprint density at radius 3 is 2.00 bits per heavy atom. The molecule has 0 unspecified atom stereocenters. The van der Waals surface area contributed by atoms with E-state index in [0.717, 1.165) is 0 Å². The predicted octanol–water partition coefficient (Wildman–Crippen LogP) is 2.12. The number of hydrogen-bond donors (Lipinski definition) is 0. The first-order valence-electron chi connectivity index (χ1n) is 3.10. The third kappa shape index (κ3) is 3.24. The molecule has 1 nitrogen and oxygen atoms in total. The smallest absolute Gasteiger partial charge is 0.0788 e. The number of nitrogens with zero attached hydrogens (tertiary/aromatic N) is 1. The Labute approximate surface area is 58.5 Å². The highest BCUT2D eigenvalue weighted by Crippen LogP contribution is 2.08. The molecular weight excluding hydrogens is 126 g/mol. The molecule has 2 heteroatoms. The second-order valence-corrected chi connectivity index (χ2v) is 8.30. The Hall–Kier alpha value is -0.373. The van der Waals surface area contributed by atoms with Crippen LogP contribution >= 0.6 is 0 Å². The van der Waals surface area contributed by atoms with Crippen molar-refractivity contribution in [2.75, 3.05) is 7.05 Å². The molecule has 0 aliphatic heterocycles. The van der Waals surface area contributed by atoms with Crippen molar-refractivity contribution in [2.24, 2.45) is 4.99 Å². The molecule has 0 bridgehead atoms. The molecule has 0 rings (SSSR count). The maximum Gasteiger partial charge on any atom is 0.0788 e. The molecule has 9 heavy (non-hydrogen) atoms. The van der Waals surface area contributed by atoms with E-state index in [1.807, 2.05) is 6.21 Å². The largest absolute Gasteiger partial charge is 0.297 e. The van der Waals surface area contributed by atoms with Crippen molar-refractivity contribution in [3.05, 3.63) is 11.8 Å². The van der Waals surface area contributed by atoms with E-state index >= 15 is 0 Å². The SMILES string of the molecule is C=C(C=NC)[Si](C)(C)C. The van der Waals surface area contributed by atoms with Crippen molar-refractivity contribution in [2.45, 2.75) is 19.6 Å². The van der Waals surface area contributed by atoms with E-state index in [0.29, 0.717) is 0 Å². The van der Waals surface area contributed by atoms with Crippen LogP contribution in [0.2, 0.25) is 19.6 Å². The quantitative estimate of drug-likeness (QED) is 0.412. The molecule has 0 aromatic heterocycles. The zero-order valence-corrected chi connectivity index (χ0v) is 7.73. The summed E-state index contributed by atoms with van der Waals surface area (Å²) in [5.41, 5.74) is 0. The van der Waals surface area contributed by atoms with Crippen molar-refractivity contribution < 1.29 is 0 Å². The minimum atomic E-state index is -1.13. The summed E-state index contributed by atoms with van der Waals surface area (Å²) in [7, 11) is 0.658. The minimum Gasteiger partial charge on any atom is -0.297 e. The summed E-state index contributed by atoms with van der Waals surface area (Å²) in [4.78, 5) is 3.91. The van der Waals surface area contributed by atoms with Gasteiger partial charge in [-0.15, -0.1) is 0 Å². The molecule has 0 aliphatic carbocycles. The van der Waals surface area contributed by atoms with Crippen LogP contribution in [0.5, 0.6) is 0 Å². The lowest BCUT2D eigenvalue weighted by Crippen LogP contribution is -2.23. The van der Waals surface area contributed by atoms with E-state index < -0.39 is 8.07 Å². The van der Waals surface area contributed by atoms with Crippen LogP contribution in [0.4, 0.5) is 0 Å². The Bertz CT molecular complexity index is 130. The van der Waals surface area contributed by atoms with Gasteiger partial charge in [0.15, 0.2) is 0 Å². The highest BCUT2D eigenvalue weighted by molar-refractivity contribution is 6.86. The summed E-state index contributed by atoms with van der Waals surface area (Å²) in [6.45, 7) is 10.7. The molecule has 0 fully saturated rings. The molecule has 0 aliphatic rings. The van der Waals surface area contributed by atoms with Crippen LogP contribution in [-0.2, 0) is 0 Å². The Kier molecular flexibility index (Phi) is 2.84. The molecule has 0 saturated heterocycles. The lowest BCUT2D eigenvalue weighted by atomic mass is 10.7. The van der Waals surface area contributed by atoms with Crippen LogP contribution in [0.25, 0.3) is 0 Å². The van der Waals surface area contributed by atoms with E-state index in [-0.39, 0.29) is 0 Å². The fourth-order valence-corrected chi connectivity index (χ4v) is 0.866. The first-order valence-corrected chi connectivity index (χ1v) is 6.60. The molecule has 0 heterocycles. The molecule has 0 spiro atoms. The summed E-state index contributed by atoms with van der Waals surface area (Å²) in [6, 6.07) is 0. The van der Waals surface area contributed by atoms with E-state index in [1.54, 1.807) is 7.05 Å². The molecule has 0 N–H and O–H groups in total. The maximum absolute atomic E-state index is 3.93. The molecule has 52 valence electrons. The van der Waals surface area contributed by atoms with Gasteiger partial charge in [0.25, 0.3) is 0 Å². The van der Waals surface area contributed by atoms with Gasteiger partial charge in [-0.3, -0.25) is 4.99 Å². The normalized spacial score (nSPS) is 12.4. The van der Waals surface area contributed by atoms with Gasteiger partial charge in [-0.1, -0.05) is 26.2 Å². The summed E-state index contributed by atoms with van der Waals surface area (Å²) >= 11 is 0. The van der Waals surface area contributed by atoms with Gasteiger partial charge in [-0.25, -0.2) is 0 Å². The zero-order valence-electron chi connectivity index (χ0n) is 6.73. The van der Waals surface area contributed by atoms with Gasteiger partial charge in [0.1, 0.15) is 0 Å². The van der Waals surface area contributed by atoms with Crippen molar-refractivity contribution in [1.82, 2.24) is 0 Å². The van der Waals surface area contributed by atoms with Gasteiger partial charge in [0.2, 0.25) is 0 Å². The second-order valence-electron chi connectivity index (χ2n) is 3.16. The lowest BCUT2D eigenvalue weighted by molar-refractivity contribution is 1.47. The average Bonchev–Trinajstić information content (AvgIpc) is 1.64. The molecule has 0 saturated carbocycles. The molecule has 0 radical (unpaired) electrons. The van der Waals surface area contributed by atoms with Crippen molar-refractivity contribution >= 4 is 14.3 Å². The van der Waals surface area contributed by atoms with Gasteiger partial charge in [0, 0.05) is 13.3 Å². The van der Waals surface area contributed by atoms with Gasteiger partial charge < -0.3 is 0 Å². The maximum atomic E-state index is 3.93. The third-order valence-electron chi connectivity index (χ3n) is 1.25. The second kappa shape index (κ2) is 2.97. The molecule has 0 aromatic rings. The van der Waals surface area contributed by atoms with Crippen LogP contribution in [0, 0.1) is 0 Å². The standard InChI is InChI=1S/C7H15NSi/c1-7(6-8-2)9(3,4)5/h6H,1H2,2-5H3. The fraction of sp³-hybridized carbons (Fsp3) is 0.571. The molecular formula is C7H15NSi. The van der Waals surface area contributed by atoms with E-state index in [4.69, 9.17) is 0 Å². The summed E-state index contributed by atoms with van der Waals surface area (Å²) in [5, 5.41) is 1.21. The third-order valence-corrected chi connectivity index (χ3v) is 3.30.